The smallest absolute Gasteiger partial charge is 0.0537 e. The van der Waals surface area contributed by atoms with Gasteiger partial charge in [-0.15, -0.1) is 0 Å². The number of rotatable bonds is 3. The normalized spacial score (nSPS) is 19.8. The highest BCUT2D eigenvalue weighted by Crippen LogP contribution is 2.27. The second-order valence-electron chi connectivity index (χ2n) is 3.76. The van der Waals surface area contributed by atoms with Gasteiger partial charge in [0.25, 0.3) is 0 Å². The van der Waals surface area contributed by atoms with Crippen molar-refractivity contribution in [3.63, 3.8) is 0 Å². The summed E-state index contributed by atoms with van der Waals surface area (Å²) in [7, 11) is 1.98. The first-order valence-electron chi connectivity index (χ1n) is 5.04. The molecule has 0 aromatic carbocycles. The monoisotopic (exact) mass is 179 g/mol. The van der Waals surface area contributed by atoms with Crippen LogP contribution < -0.4 is 0 Å². The van der Waals surface area contributed by atoms with Crippen LogP contribution >= 0.6 is 0 Å². The van der Waals surface area contributed by atoms with Crippen LogP contribution in [-0.2, 0) is 7.05 Å². The number of hydrogen-bond acceptors (Lipinski definition) is 2. The van der Waals surface area contributed by atoms with E-state index in [1.807, 2.05) is 17.9 Å². The van der Waals surface area contributed by atoms with Gasteiger partial charge in [0.2, 0.25) is 0 Å². The summed E-state index contributed by atoms with van der Waals surface area (Å²) in [5.74, 6) is 0. The van der Waals surface area contributed by atoms with E-state index >= 15 is 0 Å². The zero-order chi connectivity index (χ0) is 9.26. The Bertz CT molecular complexity index is 275. The van der Waals surface area contributed by atoms with E-state index in [0.29, 0.717) is 6.04 Å². The Morgan fingerprint density at radius 2 is 2.31 bits per heavy atom. The van der Waals surface area contributed by atoms with E-state index < -0.39 is 0 Å². The lowest BCUT2D eigenvalue weighted by Gasteiger charge is -2.37. The Balaban J connectivity index is 2.11. The molecule has 13 heavy (non-hydrogen) atoms. The van der Waals surface area contributed by atoms with Crippen LogP contribution in [0.2, 0.25) is 0 Å². The van der Waals surface area contributed by atoms with E-state index in [0.717, 1.165) is 0 Å². The second kappa shape index (κ2) is 3.50. The van der Waals surface area contributed by atoms with Crippen LogP contribution in [0.4, 0.5) is 0 Å². The van der Waals surface area contributed by atoms with Gasteiger partial charge in [-0.2, -0.15) is 5.10 Å². The Morgan fingerprint density at radius 3 is 2.69 bits per heavy atom. The molecule has 0 radical (unpaired) electrons. The summed E-state index contributed by atoms with van der Waals surface area (Å²) in [6, 6.07) is 0.599. The van der Waals surface area contributed by atoms with Gasteiger partial charge < -0.3 is 0 Å². The summed E-state index contributed by atoms with van der Waals surface area (Å²) in [6.07, 6.45) is 6.67. The molecule has 3 nitrogen and oxygen atoms in total. The molecule has 0 bridgehead atoms. The first-order chi connectivity index (χ1) is 6.31. The predicted octanol–water partition coefficient (Wildman–Crippen LogP) is 1.58. The number of hydrogen-bond donors (Lipinski definition) is 0. The Hall–Kier alpha value is -0.830. The molecular formula is C10H17N3. The molecule has 1 aromatic heterocycles. The Morgan fingerprint density at radius 1 is 1.54 bits per heavy atom. The molecule has 72 valence electrons. The van der Waals surface area contributed by atoms with Gasteiger partial charge >= 0.3 is 0 Å². The zero-order valence-corrected chi connectivity index (χ0v) is 8.40. The van der Waals surface area contributed by atoms with Crippen LogP contribution in [0.3, 0.4) is 0 Å². The predicted molar refractivity (Wildman–Crippen MR) is 52.4 cm³/mol. The SMILES string of the molecule is CCC(c1cnn(C)c1)N1CCC1. The van der Waals surface area contributed by atoms with E-state index in [2.05, 4.69) is 23.1 Å². The third-order valence-electron chi connectivity index (χ3n) is 2.83. The lowest BCUT2D eigenvalue weighted by molar-refractivity contribution is 0.114. The van der Waals surface area contributed by atoms with Crippen molar-refractivity contribution >= 4 is 0 Å². The summed E-state index contributed by atoms with van der Waals surface area (Å²) < 4.78 is 1.89. The van der Waals surface area contributed by atoms with Gasteiger partial charge in [-0.25, -0.2) is 0 Å². The first kappa shape index (κ1) is 8.75. The van der Waals surface area contributed by atoms with Gasteiger partial charge in [0.1, 0.15) is 0 Å². The molecule has 3 heteroatoms. The van der Waals surface area contributed by atoms with Crippen molar-refractivity contribution in [3.8, 4) is 0 Å². The minimum atomic E-state index is 0.599. The van der Waals surface area contributed by atoms with E-state index in [9.17, 15) is 0 Å². The third-order valence-corrected chi connectivity index (χ3v) is 2.83. The maximum absolute atomic E-state index is 4.22. The molecule has 1 unspecified atom stereocenters. The third kappa shape index (κ3) is 1.61. The van der Waals surface area contributed by atoms with Gasteiger partial charge in [0, 0.05) is 24.8 Å². The summed E-state index contributed by atoms with van der Waals surface area (Å²) in [5, 5.41) is 4.22. The second-order valence-corrected chi connectivity index (χ2v) is 3.76. The van der Waals surface area contributed by atoms with Crippen molar-refractivity contribution in [2.75, 3.05) is 13.1 Å². The van der Waals surface area contributed by atoms with Crippen molar-refractivity contribution in [2.24, 2.45) is 7.05 Å². The van der Waals surface area contributed by atoms with Crippen molar-refractivity contribution < 1.29 is 0 Å². The molecular weight excluding hydrogens is 162 g/mol. The van der Waals surface area contributed by atoms with E-state index in [1.54, 1.807) is 0 Å². The topological polar surface area (TPSA) is 21.1 Å². The highest BCUT2D eigenvalue weighted by atomic mass is 15.3. The van der Waals surface area contributed by atoms with Crippen LogP contribution in [0.15, 0.2) is 12.4 Å². The highest BCUT2D eigenvalue weighted by molar-refractivity contribution is 5.11. The molecule has 1 aromatic rings. The minimum absolute atomic E-state index is 0.599. The van der Waals surface area contributed by atoms with E-state index in [4.69, 9.17) is 0 Å². The van der Waals surface area contributed by atoms with E-state index in [-0.39, 0.29) is 0 Å². The van der Waals surface area contributed by atoms with Crippen molar-refractivity contribution in [1.82, 2.24) is 14.7 Å². The standard InChI is InChI=1S/C10H17N3/c1-3-10(13-5-4-6-13)9-7-11-12(2)8-9/h7-8,10H,3-6H2,1-2H3. The van der Waals surface area contributed by atoms with Crippen LogP contribution in [-0.4, -0.2) is 27.8 Å². The average molecular weight is 179 g/mol. The van der Waals surface area contributed by atoms with Crippen molar-refractivity contribution in [3.05, 3.63) is 18.0 Å². The van der Waals surface area contributed by atoms with Gasteiger partial charge in [-0.05, 0) is 25.9 Å². The Labute approximate surface area is 79.3 Å². The fourth-order valence-electron chi connectivity index (χ4n) is 1.97. The maximum Gasteiger partial charge on any atom is 0.0537 e. The Kier molecular flexibility index (Phi) is 2.36. The molecule has 1 atom stereocenters. The number of likely N-dealkylation sites (tertiary alicyclic amines) is 1. The van der Waals surface area contributed by atoms with Crippen LogP contribution in [0, 0.1) is 0 Å². The summed E-state index contributed by atoms with van der Waals surface area (Å²) in [4.78, 5) is 2.52. The number of aromatic nitrogens is 2. The molecule has 0 spiro atoms. The molecule has 1 fully saturated rings. The fraction of sp³-hybridized carbons (Fsp3) is 0.700. The summed E-state index contributed by atoms with van der Waals surface area (Å²) >= 11 is 0. The molecule has 0 amide bonds. The van der Waals surface area contributed by atoms with Gasteiger partial charge in [-0.1, -0.05) is 6.92 Å². The van der Waals surface area contributed by atoms with Gasteiger partial charge in [0.05, 0.1) is 6.20 Å². The molecule has 2 heterocycles. The highest BCUT2D eigenvalue weighted by Gasteiger charge is 2.24. The van der Waals surface area contributed by atoms with Crippen molar-refractivity contribution in [2.45, 2.75) is 25.8 Å². The van der Waals surface area contributed by atoms with Crippen LogP contribution in [0.25, 0.3) is 0 Å². The maximum atomic E-state index is 4.22. The average Bonchev–Trinajstić information content (AvgIpc) is 2.43. The van der Waals surface area contributed by atoms with Crippen LogP contribution in [0.5, 0.6) is 0 Å². The molecule has 1 saturated heterocycles. The fourth-order valence-corrected chi connectivity index (χ4v) is 1.97. The minimum Gasteiger partial charge on any atom is -0.296 e. The molecule has 1 aliphatic heterocycles. The van der Waals surface area contributed by atoms with Gasteiger partial charge in [0.15, 0.2) is 0 Å². The summed E-state index contributed by atoms with van der Waals surface area (Å²) in [5.41, 5.74) is 1.37. The molecule has 1 aliphatic rings. The quantitative estimate of drug-likeness (QED) is 0.702. The zero-order valence-electron chi connectivity index (χ0n) is 8.40. The van der Waals surface area contributed by atoms with Crippen LogP contribution in [0.1, 0.15) is 31.4 Å². The molecule has 2 rings (SSSR count). The van der Waals surface area contributed by atoms with Gasteiger partial charge in [-0.3, -0.25) is 9.58 Å². The molecule has 0 aliphatic carbocycles. The summed E-state index contributed by atoms with van der Waals surface area (Å²) in [6.45, 7) is 4.76. The lowest BCUT2D eigenvalue weighted by atomic mass is 10.0. The van der Waals surface area contributed by atoms with E-state index in [1.165, 1.54) is 31.5 Å². The molecule has 0 saturated carbocycles. The first-order valence-corrected chi connectivity index (χ1v) is 5.04. The lowest BCUT2D eigenvalue weighted by Crippen LogP contribution is -2.39. The number of nitrogens with zero attached hydrogens (tertiary/aromatic N) is 3. The number of aryl methyl sites for hydroxylation is 1. The van der Waals surface area contributed by atoms with Crippen molar-refractivity contribution in [1.29, 1.82) is 0 Å². The largest absolute Gasteiger partial charge is 0.296 e. The molecule has 0 N–H and O–H groups in total.